The molecule has 10 heteroatoms. The highest BCUT2D eigenvalue weighted by molar-refractivity contribution is 9.10. The molecule has 0 aromatic heterocycles. The van der Waals surface area contributed by atoms with Gasteiger partial charge < -0.3 is 14.8 Å². The van der Waals surface area contributed by atoms with E-state index < -0.39 is 22.9 Å². The summed E-state index contributed by atoms with van der Waals surface area (Å²) in [6.07, 6.45) is 6.74. The normalized spacial score (nSPS) is 14.4. The monoisotopic (exact) mass is 518 g/mol. The van der Waals surface area contributed by atoms with Gasteiger partial charge in [0.05, 0.1) is 18.6 Å². The maximum atomic E-state index is 13.0. The SMILES string of the molecule is C#CCN1C(=O)S/C(=C/c2cc(OC)c(OCC(=O)Nc3ccc(F)cc3)cc2Br)C1=O. The number of hydrogen-bond donors (Lipinski definition) is 1. The second-order valence-corrected chi connectivity index (χ2v) is 8.19. The maximum Gasteiger partial charge on any atom is 0.294 e. The van der Waals surface area contributed by atoms with E-state index in [0.717, 1.165) is 16.7 Å². The van der Waals surface area contributed by atoms with Gasteiger partial charge in [0.25, 0.3) is 17.1 Å². The average Bonchev–Trinajstić information content (AvgIpc) is 3.03. The van der Waals surface area contributed by atoms with Gasteiger partial charge in [0.1, 0.15) is 5.82 Å². The number of nitrogens with one attached hydrogen (secondary N) is 1. The molecule has 3 rings (SSSR count). The molecule has 2 aromatic rings. The molecule has 2 aromatic carbocycles. The number of amides is 3. The van der Waals surface area contributed by atoms with Gasteiger partial charge in [-0.2, -0.15) is 0 Å². The first-order valence-corrected chi connectivity index (χ1v) is 10.7. The lowest BCUT2D eigenvalue weighted by Crippen LogP contribution is -2.28. The molecule has 0 spiro atoms. The summed E-state index contributed by atoms with van der Waals surface area (Å²) in [5, 5.41) is 2.16. The molecule has 1 fully saturated rings. The van der Waals surface area contributed by atoms with Crippen LogP contribution in [-0.4, -0.2) is 42.2 Å². The molecule has 0 unspecified atom stereocenters. The van der Waals surface area contributed by atoms with Crippen LogP contribution >= 0.6 is 27.7 Å². The minimum absolute atomic E-state index is 0.0980. The average molecular weight is 519 g/mol. The Morgan fingerprint density at radius 2 is 2.00 bits per heavy atom. The highest BCUT2D eigenvalue weighted by Gasteiger charge is 2.34. The molecule has 0 aliphatic carbocycles. The van der Waals surface area contributed by atoms with Gasteiger partial charge in [0.2, 0.25) is 0 Å². The van der Waals surface area contributed by atoms with Gasteiger partial charge in [-0.3, -0.25) is 19.3 Å². The van der Waals surface area contributed by atoms with E-state index >= 15 is 0 Å². The molecule has 1 aliphatic rings. The third-order valence-electron chi connectivity index (χ3n) is 4.18. The molecule has 7 nitrogen and oxygen atoms in total. The van der Waals surface area contributed by atoms with Gasteiger partial charge >= 0.3 is 0 Å². The number of anilines is 1. The molecule has 1 aliphatic heterocycles. The first-order chi connectivity index (χ1) is 15.3. The molecule has 3 amide bonds. The lowest BCUT2D eigenvalue weighted by Gasteiger charge is -2.13. The third-order valence-corrected chi connectivity index (χ3v) is 5.77. The van der Waals surface area contributed by atoms with Crippen molar-refractivity contribution in [3.8, 4) is 23.8 Å². The molecule has 0 radical (unpaired) electrons. The number of hydrogen-bond acceptors (Lipinski definition) is 6. The number of halogens is 2. The Labute approximate surface area is 196 Å². The van der Waals surface area contributed by atoms with Crippen molar-refractivity contribution in [2.75, 3.05) is 25.6 Å². The van der Waals surface area contributed by atoms with Gasteiger partial charge in [0.15, 0.2) is 18.1 Å². The topological polar surface area (TPSA) is 84.9 Å². The zero-order valence-electron chi connectivity index (χ0n) is 16.7. The Bertz CT molecular complexity index is 1140. The van der Waals surface area contributed by atoms with Gasteiger partial charge in [-0.15, -0.1) is 6.42 Å². The fourth-order valence-electron chi connectivity index (χ4n) is 2.68. The number of rotatable bonds is 7. The number of benzene rings is 2. The molecule has 32 heavy (non-hydrogen) atoms. The Balaban J connectivity index is 1.73. The number of nitrogens with zero attached hydrogens (tertiary/aromatic N) is 1. The van der Waals surface area contributed by atoms with Crippen molar-refractivity contribution in [2.45, 2.75) is 0 Å². The quantitative estimate of drug-likeness (QED) is 0.434. The minimum atomic E-state index is -0.471. The summed E-state index contributed by atoms with van der Waals surface area (Å²) in [7, 11) is 1.43. The zero-order valence-corrected chi connectivity index (χ0v) is 19.1. The number of ether oxygens (including phenoxy) is 2. The number of imide groups is 1. The smallest absolute Gasteiger partial charge is 0.294 e. The number of terminal acetylenes is 1. The first kappa shape index (κ1) is 23.4. The van der Waals surface area contributed by atoms with Gasteiger partial charge in [-0.1, -0.05) is 21.9 Å². The summed E-state index contributed by atoms with van der Waals surface area (Å²) in [4.78, 5) is 37.7. The van der Waals surface area contributed by atoms with E-state index in [9.17, 15) is 18.8 Å². The molecular weight excluding hydrogens is 503 g/mol. The second-order valence-electron chi connectivity index (χ2n) is 6.34. The Kier molecular flexibility index (Phi) is 7.56. The van der Waals surface area contributed by atoms with Crippen molar-refractivity contribution in [2.24, 2.45) is 0 Å². The van der Waals surface area contributed by atoms with Gasteiger partial charge in [-0.05, 0) is 59.8 Å². The van der Waals surface area contributed by atoms with Crippen molar-refractivity contribution in [3.63, 3.8) is 0 Å². The predicted molar refractivity (Wildman–Crippen MR) is 123 cm³/mol. The van der Waals surface area contributed by atoms with Crippen molar-refractivity contribution >= 4 is 56.5 Å². The third kappa shape index (κ3) is 5.49. The Hall–Kier alpha value is -3.29. The standard InChI is InChI=1S/C22H16BrFN2O5S/c1-3-8-26-21(28)19(32-22(26)29)10-13-9-17(30-2)18(11-16(13)23)31-12-20(27)25-15-6-4-14(24)5-7-15/h1,4-7,9-11H,8,12H2,2H3,(H,25,27)/b19-10+. The summed E-state index contributed by atoms with van der Waals surface area (Å²) >= 11 is 4.19. The highest BCUT2D eigenvalue weighted by Crippen LogP contribution is 2.38. The van der Waals surface area contributed by atoms with E-state index in [1.807, 2.05) is 0 Å². The summed E-state index contributed by atoms with van der Waals surface area (Å²) in [6.45, 7) is -0.413. The van der Waals surface area contributed by atoms with E-state index in [4.69, 9.17) is 15.9 Å². The molecule has 1 saturated heterocycles. The molecular formula is C22H16BrFN2O5S. The Morgan fingerprint density at radius 1 is 1.28 bits per heavy atom. The van der Waals surface area contributed by atoms with Crippen molar-refractivity contribution in [3.05, 3.63) is 57.2 Å². The van der Waals surface area contributed by atoms with Crippen LogP contribution in [0.3, 0.4) is 0 Å². The second kappa shape index (κ2) is 10.3. The summed E-state index contributed by atoms with van der Waals surface area (Å²) in [6, 6.07) is 8.52. The molecule has 1 N–H and O–H groups in total. The Morgan fingerprint density at radius 3 is 2.66 bits per heavy atom. The molecule has 0 bridgehead atoms. The fourth-order valence-corrected chi connectivity index (χ4v) is 3.94. The summed E-state index contributed by atoms with van der Waals surface area (Å²) in [5.41, 5.74) is 0.999. The minimum Gasteiger partial charge on any atom is -0.493 e. The van der Waals surface area contributed by atoms with E-state index in [0.29, 0.717) is 21.5 Å². The van der Waals surface area contributed by atoms with Crippen molar-refractivity contribution in [1.82, 2.24) is 4.90 Å². The molecule has 0 saturated carbocycles. The first-order valence-electron chi connectivity index (χ1n) is 9.07. The van der Waals surface area contributed by atoms with Crippen LogP contribution in [0, 0.1) is 18.2 Å². The van der Waals surface area contributed by atoms with Gasteiger partial charge in [-0.25, -0.2) is 4.39 Å². The van der Waals surface area contributed by atoms with E-state index in [1.165, 1.54) is 31.4 Å². The number of carbonyl (C=O) groups excluding carboxylic acids is 3. The molecule has 1 heterocycles. The van der Waals surface area contributed by atoms with Crippen LogP contribution in [0.1, 0.15) is 5.56 Å². The van der Waals surface area contributed by atoms with E-state index in [-0.39, 0.29) is 23.8 Å². The van der Waals surface area contributed by atoms with Crippen LogP contribution in [-0.2, 0) is 9.59 Å². The van der Waals surface area contributed by atoms with Crippen LogP contribution in [0.5, 0.6) is 11.5 Å². The summed E-state index contributed by atoms with van der Waals surface area (Å²) in [5.74, 6) is 1.56. The maximum absolute atomic E-state index is 13.0. The predicted octanol–water partition coefficient (Wildman–Crippen LogP) is 4.28. The molecule has 164 valence electrons. The fraction of sp³-hybridized carbons (Fsp3) is 0.136. The van der Waals surface area contributed by atoms with Gasteiger partial charge in [0, 0.05) is 10.2 Å². The van der Waals surface area contributed by atoms with Crippen LogP contribution in [0.2, 0.25) is 0 Å². The summed E-state index contributed by atoms with van der Waals surface area (Å²) < 4.78 is 24.4. The van der Waals surface area contributed by atoms with Crippen LogP contribution in [0.15, 0.2) is 45.8 Å². The van der Waals surface area contributed by atoms with E-state index in [2.05, 4.69) is 27.2 Å². The lowest BCUT2D eigenvalue weighted by atomic mass is 10.2. The van der Waals surface area contributed by atoms with Crippen molar-refractivity contribution < 1.29 is 28.2 Å². The number of thioether (sulfide) groups is 1. The largest absolute Gasteiger partial charge is 0.493 e. The number of methoxy groups -OCH3 is 1. The number of carbonyl (C=O) groups is 3. The zero-order chi connectivity index (χ0) is 23.3. The molecule has 0 atom stereocenters. The van der Waals surface area contributed by atoms with Crippen LogP contribution in [0.25, 0.3) is 6.08 Å². The lowest BCUT2D eigenvalue weighted by molar-refractivity contribution is -0.122. The van der Waals surface area contributed by atoms with Crippen LogP contribution in [0.4, 0.5) is 14.9 Å². The van der Waals surface area contributed by atoms with Crippen molar-refractivity contribution in [1.29, 1.82) is 0 Å². The highest BCUT2D eigenvalue weighted by atomic mass is 79.9. The van der Waals surface area contributed by atoms with E-state index in [1.54, 1.807) is 18.2 Å². The van der Waals surface area contributed by atoms with Crippen LogP contribution < -0.4 is 14.8 Å².